The van der Waals surface area contributed by atoms with E-state index in [4.69, 9.17) is 49.0 Å². The molecule has 1 N–H and O–H groups in total. The van der Waals surface area contributed by atoms with Crippen molar-refractivity contribution < 1.29 is 19.0 Å². The van der Waals surface area contributed by atoms with Gasteiger partial charge in [0.2, 0.25) is 0 Å². The molecule has 32 heavy (non-hydrogen) atoms. The number of nitrogens with zero attached hydrogens (tertiary/aromatic N) is 1. The first kappa shape index (κ1) is 23.7. The number of carbonyl (C=O) groups excluding carboxylic acids is 1. The second kappa shape index (κ2) is 11.6. The zero-order valence-electron chi connectivity index (χ0n) is 17.0. The first-order chi connectivity index (χ1) is 15.4. The third-order valence-electron chi connectivity index (χ3n) is 4.13. The maximum atomic E-state index is 11.9. The molecule has 0 aliphatic carbocycles. The Morgan fingerprint density at radius 2 is 1.62 bits per heavy atom. The SMILES string of the molecule is COc1cc(C=NNC(=O)COc2ccc(Cl)cc2)cc(Cl)c1OCc1ccc(Cl)cc1. The van der Waals surface area contributed by atoms with Crippen LogP contribution in [0, 0.1) is 0 Å². The van der Waals surface area contributed by atoms with Gasteiger partial charge in [-0.05, 0) is 59.7 Å². The van der Waals surface area contributed by atoms with Gasteiger partial charge in [0.05, 0.1) is 18.3 Å². The predicted octanol–water partition coefficient (Wildman–Crippen LogP) is 5.76. The number of nitrogens with one attached hydrogen (secondary N) is 1. The second-order valence-corrected chi connectivity index (χ2v) is 7.77. The third kappa shape index (κ3) is 7.05. The van der Waals surface area contributed by atoms with E-state index in [1.807, 2.05) is 12.1 Å². The van der Waals surface area contributed by atoms with Crippen LogP contribution in [-0.4, -0.2) is 25.8 Å². The Morgan fingerprint density at radius 3 is 2.28 bits per heavy atom. The maximum absolute atomic E-state index is 11.9. The van der Waals surface area contributed by atoms with Crippen LogP contribution in [-0.2, 0) is 11.4 Å². The average molecular weight is 494 g/mol. The monoisotopic (exact) mass is 492 g/mol. The first-order valence-corrected chi connectivity index (χ1v) is 10.5. The van der Waals surface area contributed by atoms with Gasteiger partial charge < -0.3 is 14.2 Å². The molecule has 0 bridgehead atoms. The molecule has 9 heteroatoms. The summed E-state index contributed by atoms with van der Waals surface area (Å²) in [6.45, 7) is 0.102. The van der Waals surface area contributed by atoms with Crippen LogP contribution in [0.2, 0.25) is 15.1 Å². The molecule has 0 saturated carbocycles. The molecule has 0 fully saturated rings. The van der Waals surface area contributed by atoms with Gasteiger partial charge in [0.1, 0.15) is 12.4 Å². The lowest BCUT2D eigenvalue weighted by Crippen LogP contribution is -2.24. The van der Waals surface area contributed by atoms with Gasteiger partial charge in [-0.1, -0.05) is 46.9 Å². The molecule has 0 aliphatic heterocycles. The highest BCUT2D eigenvalue weighted by molar-refractivity contribution is 6.32. The van der Waals surface area contributed by atoms with Crippen LogP contribution in [0.1, 0.15) is 11.1 Å². The van der Waals surface area contributed by atoms with E-state index in [1.165, 1.54) is 13.3 Å². The lowest BCUT2D eigenvalue weighted by molar-refractivity contribution is -0.123. The number of hydrogen-bond donors (Lipinski definition) is 1. The van der Waals surface area contributed by atoms with Crippen molar-refractivity contribution in [3.63, 3.8) is 0 Å². The van der Waals surface area contributed by atoms with E-state index >= 15 is 0 Å². The highest BCUT2D eigenvalue weighted by Gasteiger charge is 2.12. The number of rotatable bonds is 9. The first-order valence-electron chi connectivity index (χ1n) is 9.39. The van der Waals surface area contributed by atoms with Gasteiger partial charge in [-0.15, -0.1) is 0 Å². The van der Waals surface area contributed by atoms with Crippen molar-refractivity contribution >= 4 is 46.9 Å². The molecule has 0 aromatic heterocycles. The van der Waals surface area contributed by atoms with Crippen LogP contribution in [0.4, 0.5) is 0 Å². The van der Waals surface area contributed by atoms with Crippen molar-refractivity contribution in [3.8, 4) is 17.2 Å². The molecule has 0 saturated heterocycles. The van der Waals surface area contributed by atoms with Crippen molar-refractivity contribution in [1.29, 1.82) is 0 Å². The topological polar surface area (TPSA) is 69.2 Å². The molecule has 0 atom stereocenters. The minimum absolute atomic E-state index is 0.194. The molecule has 3 aromatic carbocycles. The lowest BCUT2D eigenvalue weighted by atomic mass is 10.2. The van der Waals surface area contributed by atoms with Crippen molar-refractivity contribution in [2.75, 3.05) is 13.7 Å². The zero-order chi connectivity index (χ0) is 22.9. The van der Waals surface area contributed by atoms with Gasteiger partial charge in [0.15, 0.2) is 18.1 Å². The Hall–Kier alpha value is -2.93. The summed E-state index contributed by atoms with van der Waals surface area (Å²) in [6.07, 6.45) is 1.44. The number of benzene rings is 3. The Labute approximate surface area is 200 Å². The molecule has 0 radical (unpaired) electrons. The Balaban J connectivity index is 1.57. The number of halogens is 3. The molecule has 6 nitrogen and oxygen atoms in total. The van der Waals surface area contributed by atoms with Crippen molar-refractivity contribution in [2.45, 2.75) is 6.61 Å². The third-order valence-corrected chi connectivity index (χ3v) is 4.92. The molecule has 1 amide bonds. The summed E-state index contributed by atoms with van der Waals surface area (Å²) in [5, 5.41) is 5.50. The van der Waals surface area contributed by atoms with Crippen molar-refractivity contribution in [1.82, 2.24) is 5.43 Å². The summed E-state index contributed by atoms with van der Waals surface area (Å²) in [7, 11) is 1.51. The second-order valence-electron chi connectivity index (χ2n) is 6.49. The van der Waals surface area contributed by atoms with Crippen molar-refractivity contribution in [2.24, 2.45) is 5.10 Å². The number of carbonyl (C=O) groups is 1. The van der Waals surface area contributed by atoms with E-state index in [1.54, 1.807) is 48.5 Å². The fourth-order valence-corrected chi connectivity index (χ4v) is 3.11. The smallest absolute Gasteiger partial charge is 0.277 e. The molecular formula is C23H19Cl3N2O4. The molecular weight excluding hydrogens is 475 g/mol. The van der Waals surface area contributed by atoms with Gasteiger partial charge in [0, 0.05) is 10.0 Å². The van der Waals surface area contributed by atoms with Crippen LogP contribution in [0.15, 0.2) is 65.8 Å². The van der Waals surface area contributed by atoms with Crippen LogP contribution in [0.3, 0.4) is 0 Å². The van der Waals surface area contributed by atoms with Crippen LogP contribution in [0.5, 0.6) is 17.2 Å². The molecule has 0 aliphatic rings. The summed E-state index contributed by atoms with van der Waals surface area (Å²) in [5.74, 6) is 0.948. The minimum atomic E-state index is -0.419. The van der Waals surface area contributed by atoms with Gasteiger partial charge >= 0.3 is 0 Å². The average Bonchev–Trinajstić information content (AvgIpc) is 2.79. The van der Waals surface area contributed by atoms with E-state index in [-0.39, 0.29) is 6.61 Å². The minimum Gasteiger partial charge on any atom is -0.493 e. The van der Waals surface area contributed by atoms with Gasteiger partial charge in [0.25, 0.3) is 5.91 Å². The van der Waals surface area contributed by atoms with E-state index in [2.05, 4.69) is 10.5 Å². The molecule has 0 heterocycles. The van der Waals surface area contributed by atoms with Gasteiger partial charge in [-0.25, -0.2) is 5.43 Å². The van der Waals surface area contributed by atoms with Gasteiger partial charge in [-0.2, -0.15) is 5.10 Å². The van der Waals surface area contributed by atoms with Crippen LogP contribution in [0.25, 0.3) is 0 Å². The summed E-state index contributed by atoms with van der Waals surface area (Å²) in [5.41, 5.74) is 3.94. The highest BCUT2D eigenvalue weighted by atomic mass is 35.5. The summed E-state index contributed by atoms with van der Waals surface area (Å²) in [6, 6.07) is 17.3. The standard InChI is InChI=1S/C23H19Cl3N2O4/c1-30-21-11-16(10-20(26)23(21)32-13-15-2-4-17(24)5-3-15)12-27-28-22(29)14-31-19-8-6-18(25)7-9-19/h2-12H,13-14H2,1H3,(H,28,29). The molecule has 166 valence electrons. The normalized spacial score (nSPS) is 10.8. The summed E-state index contributed by atoms with van der Waals surface area (Å²) < 4.78 is 16.6. The number of amides is 1. The van der Waals surface area contributed by atoms with E-state index in [9.17, 15) is 4.79 Å². The predicted molar refractivity (Wildman–Crippen MR) is 126 cm³/mol. The Bertz CT molecular complexity index is 1090. The number of methoxy groups -OCH3 is 1. The van der Waals surface area contributed by atoms with E-state index < -0.39 is 5.91 Å². The molecule has 0 spiro atoms. The zero-order valence-corrected chi connectivity index (χ0v) is 19.2. The highest BCUT2D eigenvalue weighted by Crippen LogP contribution is 2.36. The number of hydrazone groups is 1. The van der Waals surface area contributed by atoms with E-state index in [0.717, 1.165) is 5.56 Å². The largest absolute Gasteiger partial charge is 0.493 e. The molecule has 3 aromatic rings. The van der Waals surface area contributed by atoms with Gasteiger partial charge in [-0.3, -0.25) is 4.79 Å². The molecule has 0 unspecified atom stereocenters. The summed E-state index contributed by atoms with van der Waals surface area (Å²) in [4.78, 5) is 11.9. The van der Waals surface area contributed by atoms with Crippen LogP contribution >= 0.6 is 34.8 Å². The quantitative estimate of drug-likeness (QED) is 0.304. The van der Waals surface area contributed by atoms with Crippen LogP contribution < -0.4 is 19.6 Å². The number of ether oxygens (including phenoxy) is 3. The lowest BCUT2D eigenvalue weighted by Gasteiger charge is -2.13. The van der Waals surface area contributed by atoms with E-state index in [0.29, 0.717) is 44.5 Å². The number of hydrogen-bond acceptors (Lipinski definition) is 5. The summed E-state index contributed by atoms with van der Waals surface area (Å²) >= 11 is 18.1. The fraction of sp³-hybridized carbons (Fsp3) is 0.130. The van der Waals surface area contributed by atoms with Crippen molar-refractivity contribution in [3.05, 3.63) is 86.9 Å². The Kier molecular flexibility index (Phi) is 8.62. The Morgan fingerprint density at radius 1 is 0.969 bits per heavy atom. The maximum Gasteiger partial charge on any atom is 0.277 e. The molecule has 3 rings (SSSR count). The fourth-order valence-electron chi connectivity index (χ4n) is 2.58.